The first-order valence-corrected chi connectivity index (χ1v) is 9.73. The molecule has 1 aromatic carbocycles. The number of urea groups is 1. The van der Waals surface area contributed by atoms with Gasteiger partial charge in [-0.05, 0) is 25.0 Å². The van der Waals surface area contributed by atoms with Gasteiger partial charge in [0.2, 0.25) is 0 Å². The van der Waals surface area contributed by atoms with Gasteiger partial charge in [0.15, 0.2) is 6.61 Å². The standard InChI is InChI=1S/C17H22N2O5S/c1-25(23)14-10-6-5-9-13(14)16(21)24-11-15(20)19-17(22)18-12-7-3-2-4-8-12/h5-6,9-10,12H,2-4,7-8,11H2,1H3,(H2,18,19,20,22)/t25-/m1/s1. The molecule has 0 bridgehead atoms. The number of carbonyl (C=O) groups is 3. The number of ether oxygens (including phenoxy) is 1. The highest BCUT2D eigenvalue weighted by Crippen LogP contribution is 2.17. The average Bonchev–Trinajstić information content (AvgIpc) is 2.60. The minimum absolute atomic E-state index is 0.0792. The van der Waals surface area contributed by atoms with E-state index in [1.807, 2.05) is 0 Å². The van der Waals surface area contributed by atoms with Crippen LogP contribution >= 0.6 is 0 Å². The van der Waals surface area contributed by atoms with Crippen molar-refractivity contribution in [2.75, 3.05) is 12.9 Å². The molecule has 8 heteroatoms. The first-order chi connectivity index (χ1) is 12.0. The van der Waals surface area contributed by atoms with Crippen molar-refractivity contribution < 1.29 is 23.3 Å². The Labute approximate surface area is 149 Å². The molecule has 1 fully saturated rings. The van der Waals surface area contributed by atoms with Gasteiger partial charge in [-0.3, -0.25) is 14.3 Å². The highest BCUT2D eigenvalue weighted by atomic mass is 32.2. The van der Waals surface area contributed by atoms with E-state index in [9.17, 15) is 18.6 Å². The third kappa shape index (κ3) is 5.97. The second kappa shape index (κ2) is 9.31. The summed E-state index contributed by atoms with van der Waals surface area (Å²) in [5.41, 5.74) is 0.141. The van der Waals surface area contributed by atoms with Crippen LogP contribution in [0.2, 0.25) is 0 Å². The molecule has 7 nitrogen and oxygen atoms in total. The molecule has 0 radical (unpaired) electrons. The van der Waals surface area contributed by atoms with Crippen LogP contribution in [0.1, 0.15) is 42.5 Å². The van der Waals surface area contributed by atoms with Gasteiger partial charge in [0.1, 0.15) is 0 Å². The Morgan fingerprint density at radius 3 is 2.52 bits per heavy atom. The van der Waals surface area contributed by atoms with Gasteiger partial charge in [-0.1, -0.05) is 31.4 Å². The van der Waals surface area contributed by atoms with Crippen LogP contribution < -0.4 is 10.6 Å². The molecule has 3 amide bonds. The lowest BCUT2D eigenvalue weighted by atomic mass is 9.96. The van der Waals surface area contributed by atoms with E-state index in [-0.39, 0.29) is 11.6 Å². The van der Waals surface area contributed by atoms with Crippen molar-refractivity contribution in [3.8, 4) is 0 Å². The van der Waals surface area contributed by atoms with Gasteiger partial charge < -0.3 is 10.1 Å². The Kier molecular flexibility index (Phi) is 7.12. The van der Waals surface area contributed by atoms with Gasteiger partial charge in [0.05, 0.1) is 21.3 Å². The summed E-state index contributed by atoms with van der Waals surface area (Å²) < 4.78 is 16.5. The smallest absolute Gasteiger partial charge is 0.339 e. The normalized spacial score (nSPS) is 15.9. The highest BCUT2D eigenvalue weighted by molar-refractivity contribution is 7.84. The fourth-order valence-electron chi connectivity index (χ4n) is 2.73. The van der Waals surface area contributed by atoms with E-state index in [0.717, 1.165) is 25.7 Å². The quantitative estimate of drug-likeness (QED) is 0.773. The zero-order chi connectivity index (χ0) is 18.2. The first kappa shape index (κ1) is 19.1. The van der Waals surface area contributed by atoms with Crippen molar-refractivity contribution >= 4 is 28.7 Å². The topological polar surface area (TPSA) is 102 Å². The van der Waals surface area contributed by atoms with Crippen LogP contribution in [0.25, 0.3) is 0 Å². The lowest BCUT2D eigenvalue weighted by molar-refractivity contribution is -0.123. The van der Waals surface area contributed by atoms with Crippen LogP contribution in [-0.2, 0) is 20.3 Å². The number of hydrogen-bond donors (Lipinski definition) is 2. The minimum Gasteiger partial charge on any atom is -0.452 e. The zero-order valence-electron chi connectivity index (χ0n) is 14.1. The van der Waals surface area contributed by atoms with Crippen molar-refractivity contribution in [2.24, 2.45) is 0 Å². The molecule has 0 saturated heterocycles. The molecular weight excluding hydrogens is 344 g/mol. The van der Waals surface area contributed by atoms with E-state index in [1.54, 1.807) is 18.2 Å². The summed E-state index contributed by atoms with van der Waals surface area (Å²) in [5, 5.41) is 4.89. The molecule has 0 spiro atoms. The molecule has 136 valence electrons. The molecule has 25 heavy (non-hydrogen) atoms. The minimum atomic E-state index is -1.35. The monoisotopic (exact) mass is 366 g/mol. The average molecular weight is 366 g/mol. The number of benzene rings is 1. The van der Waals surface area contributed by atoms with Crippen molar-refractivity contribution in [1.29, 1.82) is 0 Å². The molecule has 2 rings (SSSR count). The summed E-state index contributed by atoms with van der Waals surface area (Å²) in [4.78, 5) is 35.9. The van der Waals surface area contributed by atoms with Gasteiger partial charge >= 0.3 is 12.0 Å². The SMILES string of the molecule is C[S@@](=O)c1ccccc1C(=O)OCC(=O)NC(=O)NC1CCCCC1. The maximum absolute atomic E-state index is 12.0. The van der Waals surface area contributed by atoms with Gasteiger partial charge in [-0.25, -0.2) is 9.59 Å². The fraction of sp³-hybridized carbons (Fsp3) is 0.471. The number of hydrogen-bond acceptors (Lipinski definition) is 5. The van der Waals surface area contributed by atoms with Crippen molar-refractivity contribution in [3.63, 3.8) is 0 Å². The maximum Gasteiger partial charge on any atom is 0.339 e. The molecular formula is C17H22N2O5S. The predicted molar refractivity (Wildman–Crippen MR) is 92.6 cm³/mol. The van der Waals surface area contributed by atoms with E-state index in [1.165, 1.54) is 18.7 Å². The fourth-order valence-corrected chi connectivity index (χ4v) is 3.46. The van der Waals surface area contributed by atoms with E-state index in [4.69, 9.17) is 4.74 Å². The largest absolute Gasteiger partial charge is 0.452 e. The van der Waals surface area contributed by atoms with Crippen LogP contribution in [0.15, 0.2) is 29.2 Å². The van der Waals surface area contributed by atoms with E-state index in [2.05, 4.69) is 10.6 Å². The second-order valence-electron chi connectivity index (χ2n) is 5.88. The number of nitrogens with one attached hydrogen (secondary N) is 2. The van der Waals surface area contributed by atoms with E-state index in [0.29, 0.717) is 4.90 Å². The molecule has 0 aromatic heterocycles. The maximum atomic E-state index is 12.0. The van der Waals surface area contributed by atoms with Gasteiger partial charge in [-0.15, -0.1) is 0 Å². The van der Waals surface area contributed by atoms with Crippen LogP contribution in [0.5, 0.6) is 0 Å². The van der Waals surface area contributed by atoms with Crippen LogP contribution in [0, 0.1) is 0 Å². The summed E-state index contributed by atoms with van der Waals surface area (Å²) in [5.74, 6) is -1.47. The molecule has 1 atom stereocenters. The Morgan fingerprint density at radius 2 is 1.84 bits per heavy atom. The van der Waals surface area contributed by atoms with Gasteiger partial charge in [-0.2, -0.15) is 0 Å². The molecule has 1 aliphatic carbocycles. The third-order valence-electron chi connectivity index (χ3n) is 3.94. The number of rotatable bonds is 5. The van der Waals surface area contributed by atoms with Crippen LogP contribution in [-0.4, -0.2) is 41.0 Å². The Morgan fingerprint density at radius 1 is 1.16 bits per heavy atom. The summed E-state index contributed by atoms with van der Waals surface area (Å²) in [6, 6.07) is 5.82. The summed E-state index contributed by atoms with van der Waals surface area (Å²) in [6.45, 7) is -0.582. The molecule has 0 heterocycles. The number of carbonyl (C=O) groups excluding carboxylic acids is 3. The molecule has 1 saturated carbocycles. The molecule has 2 N–H and O–H groups in total. The number of imide groups is 1. The Balaban J connectivity index is 1.80. The predicted octanol–water partition coefficient (Wildman–Crippen LogP) is 1.74. The molecule has 0 aliphatic heterocycles. The first-order valence-electron chi connectivity index (χ1n) is 8.17. The lowest BCUT2D eigenvalue weighted by Crippen LogP contribution is -2.46. The number of esters is 1. The van der Waals surface area contributed by atoms with Crippen LogP contribution in [0.4, 0.5) is 4.79 Å². The lowest BCUT2D eigenvalue weighted by Gasteiger charge is -2.22. The summed E-state index contributed by atoms with van der Waals surface area (Å²) in [6.07, 6.45) is 6.56. The Hall–Kier alpha value is -2.22. The molecule has 1 aromatic rings. The second-order valence-corrected chi connectivity index (χ2v) is 7.23. The number of amides is 3. The van der Waals surface area contributed by atoms with Crippen LogP contribution in [0.3, 0.4) is 0 Å². The van der Waals surface area contributed by atoms with E-state index >= 15 is 0 Å². The molecule has 0 unspecified atom stereocenters. The summed E-state index contributed by atoms with van der Waals surface area (Å²) in [7, 11) is -1.35. The molecule has 1 aliphatic rings. The summed E-state index contributed by atoms with van der Waals surface area (Å²) >= 11 is 0. The van der Waals surface area contributed by atoms with E-state index < -0.39 is 35.3 Å². The highest BCUT2D eigenvalue weighted by Gasteiger charge is 2.19. The van der Waals surface area contributed by atoms with Crippen molar-refractivity contribution in [1.82, 2.24) is 10.6 Å². The van der Waals surface area contributed by atoms with Crippen molar-refractivity contribution in [3.05, 3.63) is 29.8 Å². The Bertz CT molecular complexity index is 671. The third-order valence-corrected chi connectivity index (χ3v) is 4.92. The van der Waals surface area contributed by atoms with Crippen molar-refractivity contribution in [2.45, 2.75) is 43.0 Å². The van der Waals surface area contributed by atoms with Gasteiger partial charge in [0, 0.05) is 12.3 Å². The zero-order valence-corrected chi connectivity index (χ0v) is 14.9. The van der Waals surface area contributed by atoms with Gasteiger partial charge in [0.25, 0.3) is 5.91 Å².